The molecule has 2 N–H and O–H groups in total. The zero-order chi connectivity index (χ0) is 15.2. The lowest BCUT2D eigenvalue weighted by molar-refractivity contribution is 0.0963. The van der Waals surface area contributed by atoms with Crippen molar-refractivity contribution in [2.75, 3.05) is 7.05 Å². The van der Waals surface area contributed by atoms with E-state index in [4.69, 9.17) is 0 Å². The fourth-order valence-electron chi connectivity index (χ4n) is 2.38. The first kappa shape index (κ1) is 15.3. The summed E-state index contributed by atoms with van der Waals surface area (Å²) in [5.41, 5.74) is 5.86. The van der Waals surface area contributed by atoms with Crippen LogP contribution in [0.15, 0.2) is 42.5 Å². The van der Waals surface area contributed by atoms with E-state index in [1.165, 1.54) is 22.3 Å². The molecule has 0 saturated heterocycles. The van der Waals surface area contributed by atoms with Gasteiger partial charge < -0.3 is 10.6 Å². The first-order chi connectivity index (χ1) is 10.1. The van der Waals surface area contributed by atoms with Gasteiger partial charge in [0, 0.05) is 25.7 Å². The molecule has 0 aliphatic carbocycles. The molecule has 21 heavy (non-hydrogen) atoms. The van der Waals surface area contributed by atoms with E-state index < -0.39 is 0 Å². The summed E-state index contributed by atoms with van der Waals surface area (Å²) < 4.78 is 0. The van der Waals surface area contributed by atoms with Gasteiger partial charge in [0.2, 0.25) is 0 Å². The standard InChI is InChI=1S/C18H22N2O/c1-13-5-4-6-14(2)17(13)12-20-11-15-7-9-16(10-8-15)18(21)19-3/h4-10,20H,11-12H2,1-3H3,(H,19,21). The van der Waals surface area contributed by atoms with Crippen molar-refractivity contribution < 1.29 is 4.79 Å². The van der Waals surface area contributed by atoms with E-state index in [-0.39, 0.29) is 5.91 Å². The van der Waals surface area contributed by atoms with Gasteiger partial charge in [-0.3, -0.25) is 4.79 Å². The van der Waals surface area contributed by atoms with Gasteiger partial charge in [-0.15, -0.1) is 0 Å². The van der Waals surface area contributed by atoms with Gasteiger partial charge in [0.1, 0.15) is 0 Å². The molecule has 3 nitrogen and oxygen atoms in total. The maximum absolute atomic E-state index is 11.5. The molecule has 0 radical (unpaired) electrons. The van der Waals surface area contributed by atoms with Crippen LogP contribution in [0.1, 0.15) is 32.6 Å². The number of amides is 1. The molecular weight excluding hydrogens is 260 g/mol. The van der Waals surface area contributed by atoms with Gasteiger partial charge in [-0.25, -0.2) is 0 Å². The summed E-state index contributed by atoms with van der Waals surface area (Å²) >= 11 is 0. The van der Waals surface area contributed by atoms with Gasteiger partial charge in [0.15, 0.2) is 0 Å². The van der Waals surface area contributed by atoms with Crippen molar-refractivity contribution in [2.24, 2.45) is 0 Å². The molecule has 0 unspecified atom stereocenters. The highest BCUT2D eigenvalue weighted by atomic mass is 16.1. The largest absolute Gasteiger partial charge is 0.355 e. The highest BCUT2D eigenvalue weighted by Crippen LogP contribution is 2.13. The number of hydrogen-bond acceptors (Lipinski definition) is 2. The summed E-state index contributed by atoms with van der Waals surface area (Å²) in [4.78, 5) is 11.5. The second-order valence-corrected chi connectivity index (χ2v) is 5.25. The predicted octanol–water partition coefficient (Wildman–Crippen LogP) is 2.95. The number of aryl methyl sites for hydroxylation is 2. The van der Waals surface area contributed by atoms with Crippen LogP contribution in [0.2, 0.25) is 0 Å². The maximum atomic E-state index is 11.5. The minimum atomic E-state index is -0.0509. The van der Waals surface area contributed by atoms with Gasteiger partial charge >= 0.3 is 0 Å². The van der Waals surface area contributed by atoms with E-state index in [0.717, 1.165) is 13.1 Å². The van der Waals surface area contributed by atoms with Gasteiger partial charge in [-0.2, -0.15) is 0 Å². The lowest BCUT2D eigenvalue weighted by atomic mass is 10.0. The minimum absolute atomic E-state index is 0.0509. The summed E-state index contributed by atoms with van der Waals surface area (Å²) in [6.45, 7) is 5.93. The Kier molecular flexibility index (Phi) is 5.12. The second-order valence-electron chi connectivity index (χ2n) is 5.25. The summed E-state index contributed by atoms with van der Waals surface area (Å²) in [6.07, 6.45) is 0. The molecule has 0 heterocycles. The highest BCUT2D eigenvalue weighted by Gasteiger charge is 2.03. The Labute approximate surface area is 126 Å². The van der Waals surface area contributed by atoms with Crippen molar-refractivity contribution in [3.8, 4) is 0 Å². The first-order valence-electron chi connectivity index (χ1n) is 7.18. The molecule has 2 rings (SSSR count). The molecule has 0 bridgehead atoms. The molecule has 2 aromatic carbocycles. The number of rotatable bonds is 5. The van der Waals surface area contributed by atoms with Crippen LogP contribution >= 0.6 is 0 Å². The smallest absolute Gasteiger partial charge is 0.251 e. The minimum Gasteiger partial charge on any atom is -0.355 e. The normalized spacial score (nSPS) is 10.4. The topological polar surface area (TPSA) is 41.1 Å². The Morgan fingerprint density at radius 3 is 2.14 bits per heavy atom. The lowest BCUT2D eigenvalue weighted by Gasteiger charge is -2.11. The number of nitrogens with one attached hydrogen (secondary N) is 2. The maximum Gasteiger partial charge on any atom is 0.251 e. The molecule has 0 aromatic heterocycles. The monoisotopic (exact) mass is 282 g/mol. The second kappa shape index (κ2) is 7.04. The Balaban J connectivity index is 1.93. The Hall–Kier alpha value is -2.13. The SMILES string of the molecule is CNC(=O)c1ccc(CNCc2c(C)cccc2C)cc1. The molecule has 0 spiro atoms. The van der Waals surface area contributed by atoms with Crippen LogP contribution in [0, 0.1) is 13.8 Å². The van der Waals surface area contributed by atoms with Crippen LogP contribution in [0.5, 0.6) is 0 Å². The van der Waals surface area contributed by atoms with Gasteiger partial charge in [-0.1, -0.05) is 30.3 Å². The third kappa shape index (κ3) is 3.92. The summed E-state index contributed by atoms with van der Waals surface area (Å²) in [6, 6.07) is 14.1. The van der Waals surface area contributed by atoms with Crippen molar-refractivity contribution in [1.82, 2.24) is 10.6 Å². The van der Waals surface area contributed by atoms with Crippen molar-refractivity contribution in [1.29, 1.82) is 0 Å². The van der Waals surface area contributed by atoms with E-state index in [9.17, 15) is 4.79 Å². The highest BCUT2D eigenvalue weighted by molar-refractivity contribution is 5.93. The average Bonchev–Trinajstić information content (AvgIpc) is 2.50. The molecule has 0 saturated carbocycles. The molecule has 1 amide bonds. The molecule has 110 valence electrons. The number of carbonyl (C=O) groups is 1. The fraction of sp³-hybridized carbons (Fsp3) is 0.278. The third-order valence-corrected chi connectivity index (χ3v) is 3.72. The Morgan fingerprint density at radius 1 is 0.952 bits per heavy atom. The molecular formula is C18H22N2O. The van der Waals surface area contributed by atoms with Crippen LogP contribution in [-0.4, -0.2) is 13.0 Å². The van der Waals surface area contributed by atoms with E-state index in [1.54, 1.807) is 7.05 Å². The molecule has 2 aromatic rings. The third-order valence-electron chi connectivity index (χ3n) is 3.72. The van der Waals surface area contributed by atoms with Crippen molar-refractivity contribution >= 4 is 5.91 Å². The molecule has 0 aliphatic heterocycles. The summed E-state index contributed by atoms with van der Waals surface area (Å²) in [5, 5.41) is 6.09. The van der Waals surface area contributed by atoms with Crippen molar-refractivity contribution in [3.63, 3.8) is 0 Å². The summed E-state index contributed by atoms with van der Waals surface area (Å²) in [5.74, 6) is -0.0509. The zero-order valence-corrected chi connectivity index (χ0v) is 12.9. The number of hydrogen-bond donors (Lipinski definition) is 2. The lowest BCUT2D eigenvalue weighted by Crippen LogP contribution is -2.18. The number of carbonyl (C=O) groups excluding carboxylic acids is 1. The van der Waals surface area contributed by atoms with Crippen LogP contribution in [0.25, 0.3) is 0 Å². The Morgan fingerprint density at radius 2 is 1.57 bits per heavy atom. The van der Waals surface area contributed by atoms with Crippen LogP contribution in [-0.2, 0) is 13.1 Å². The van der Waals surface area contributed by atoms with Crippen LogP contribution < -0.4 is 10.6 Å². The van der Waals surface area contributed by atoms with E-state index in [2.05, 4.69) is 42.7 Å². The average molecular weight is 282 g/mol. The van der Waals surface area contributed by atoms with Gasteiger partial charge in [0.25, 0.3) is 5.91 Å². The van der Waals surface area contributed by atoms with E-state index in [1.807, 2.05) is 24.3 Å². The number of benzene rings is 2. The van der Waals surface area contributed by atoms with Crippen molar-refractivity contribution in [3.05, 3.63) is 70.3 Å². The van der Waals surface area contributed by atoms with Crippen LogP contribution in [0.3, 0.4) is 0 Å². The fourth-order valence-corrected chi connectivity index (χ4v) is 2.38. The summed E-state index contributed by atoms with van der Waals surface area (Å²) in [7, 11) is 1.64. The van der Waals surface area contributed by atoms with Crippen LogP contribution in [0.4, 0.5) is 0 Å². The first-order valence-corrected chi connectivity index (χ1v) is 7.18. The van der Waals surface area contributed by atoms with Gasteiger partial charge in [0.05, 0.1) is 0 Å². The molecule has 3 heteroatoms. The molecule has 0 aliphatic rings. The van der Waals surface area contributed by atoms with Crippen molar-refractivity contribution in [2.45, 2.75) is 26.9 Å². The predicted molar refractivity (Wildman–Crippen MR) is 86.3 cm³/mol. The molecule has 0 atom stereocenters. The van der Waals surface area contributed by atoms with Gasteiger partial charge in [-0.05, 0) is 48.2 Å². The Bertz CT molecular complexity index is 597. The van der Waals surface area contributed by atoms with E-state index in [0.29, 0.717) is 5.56 Å². The quantitative estimate of drug-likeness (QED) is 0.885. The zero-order valence-electron chi connectivity index (χ0n) is 12.9. The van der Waals surface area contributed by atoms with E-state index >= 15 is 0 Å². The molecule has 0 fully saturated rings.